The smallest absolute Gasteiger partial charge is 0.281 e. The van der Waals surface area contributed by atoms with Crippen molar-refractivity contribution < 1.29 is 8.42 Å². The van der Waals surface area contributed by atoms with Crippen molar-refractivity contribution in [3.05, 3.63) is 54.7 Å². The van der Waals surface area contributed by atoms with Crippen molar-refractivity contribution in [1.82, 2.24) is 19.5 Å². The highest BCUT2D eigenvalue weighted by molar-refractivity contribution is 7.92. The van der Waals surface area contributed by atoms with Crippen LogP contribution >= 0.6 is 0 Å². The fourth-order valence-corrected chi connectivity index (χ4v) is 4.27. The molecule has 0 spiro atoms. The lowest BCUT2D eigenvalue weighted by Gasteiger charge is -2.36. The minimum absolute atomic E-state index is 0.0291. The van der Waals surface area contributed by atoms with Crippen LogP contribution in [0.25, 0.3) is 0 Å². The quantitative estimate of drug-likeness (QED) is 0.679. The Kier molecular flexibility index (Phi) is 5.10. The van der Waals surface area contributed by atoms with Gasteiger partial charge in [-0.05, 0) is 19.1 Å². The van der Waals surface area contributed by atoms with Gasteiger partial charge in [-0.1, -0.05) is 18.2 Å². The topological polar surface area (TPSA) is 96.2 Å². The number of sulfonamides is 1. The van der Waals surface area contributed by atoms with Gasteiger partial charge in [0.05, 0.1) is 18.1 Å². The van der Waals surface area contributed by atoms with Crippen LogP contribution in [0.3, 0.4) is 0 Å². The summed E-state index contributed by atoms with van der Waals surface area (Å²) in [5, 5.41) is -0.0291. The minimum atomic E-state index is -3.77. The van der Waals surface area contributed by atoms with Crippen LogP contribution in [0, 0.1) is 6.92 Å². The van der Waals surface area contributed by atoms with E-state index in [1.807, 2.05) is 18.2 Å². The Labute approximate surface area is 170 Å². The number of hydrogen-bond acceptors (Lipinski definition) is 7. The lowest BCUT2D eigenvalue weighted by Crippen LogP contribution is -2.47. The van der Waals surface area contributed by atoms with Gasteiger partial charge in [-0.15, -0.1) is 0 Å². The Balaban J connectivity index is 1.39. The number of rotatable bonds is 5. The van der Waals surface area contributed by atoms with Crippen LogP contribution in [-0.4, -0.2) is 54.1 Å². The number of nitrogens with one attached hydrogen (secondary N) is 1. The number of aryl methyl sites for hydroxylation is 2. The van der Waals surface area contributed by atoms with E-state index in [0.29, 0.717) is 17.5 Å². The summed E-state index contributed by atoms with van der Waals surface area (Å²) in [6, 6.07) is 10.3. The molecule has 3 heterocycles. The van der Waals surface area contributed by atoms with Gasteiger partial charge in [-0.25, -0.2) is 15.0 Å². The van der Waals surface area contributed by atoms with Crippen LogP contribution in [0.1, 0.15) is 5.82 Å². The molecule has 1 aromatic carbocycles. The Morgan fingerprint density at radius 3 is 2.17 bits per heavy atom. The highest BCUT2D eigenvalue weighted by Gasteiger charge is 2.21. The Bertz CT molecular complexity index is 1050. The number of piperazine rings is 1. The van der Waals surface area contributed by atoms with Crippen molar-refractivity contribution in [2.24, 2.45) is 7.05 Å². The molecule has 0 amide bonds. The van der Waals surface area contributed by atoms with Crippen molar-refractivity contribution in [3.8, 4) is 0 Å². The predicted molar refractivity (Wildman–Crippen MR) is 112 cm³/mol. The first-order valence-corrected chi connectivity index (χ1v) is 10.8. The van der Waals surface area contributed by atoms with E-state index in [-0.39, 0.29) is 5.03 Å². The first-order valence-electron chi connectivity index (χ1n) is 9.32. The van der Waals surface area contributed by atoms with Gasteiger partial charge >= 0.3 is 0 Å². The van der Waals surface area contributed by atoms with Crippen LogP contribution in [0.15, 0.2) is 53.9 Å². The van der Waals surface area contributed by atoms with Crippen LogP contribution in [-0.2, 0) is 17.1 Å². The first-order chi connectivity index (χ1) is 13.9. The van der Waals surface area contributed by atoms with Crippen LogP contribution < -0.4 is 14.5 Å². The maximum absolute atomic E-state index is 12.5. The van der Waals surface area contributed by atoms with Gasteiger partial charge in [0, 0.05) is 45.1 Å². The summed E-state index contributed by atoms with van der Waals surface area (Å²) >= 11 is 0. The summed E-state index contributed by atoms with van der Waals surface area (Å²) in [7, 11) is -2.03. The maximum atomic E-state index is 12.5. The average Bonchev–Trinajstić information content (AvgIpc) is 3.09. The van der Waals surface area contributed by atoms with Crippen molar-refractivity contribution >= 4 is 27.3 Å². The number of anilines is 3. The summed E-state index contributed by atoms with van der Waals surface area (Å²) in [5.74, 6) is 1.21. The molecule has 152 valence electrons. The molecule has 1 saturated heterocycles. The molecule has 1 N–H and O–H groups in total. The van der Waals surface area contributed by atoms with Crippen molar-refractivity contribution in [1.29, 1.82) is 0 Å². The van der Waals surface area contributed by atoms with E-state index in [2.05, 4.69) is 41.6 Å². The number of para-hydroxylation sites is 1. The highest BCUT2D eigenvalue weighted by atomic mass is 32.2. The summed E-state index contributed by atoms with van der Waals surface area (Å²) in [4.78, 5) is 17.2. The molecule has 1 aliphatic rings. The highest BCUT2D eigenvalue weighted by Crippen LogP contribution is 2.19. The lowest BCUT2D eigenvalue weighted by atomic mass is 10.2. The third kappa shape index (κ3) is 4.16. The van der Waals surface area contributed by atoms with Gasteiger partial charge in [0.2, 0.25) is 5.95 Å². The van der Waals surface area contributed by atoms with Gasteiger partial charge < -0.3 is 14.4 Å². The standard InChI is InChI=1S/C19H23N7O2S/c1-15-22-18(14-24(15)2)29(27,28)23-16-12-20-19(21-13-16)26-10-8-25(9-11-26)17-6-4-3-5-7-17/h3-7,12-14,23H,8-11H2,1-2H3. The molecule has 1 aliphatic heterocycles. The van der Waals surface area contributed by atoms with Crippen molar-refractivity contribution in [3.63, 3.8) is 0 Å². The van der Waals surface area contributed by atoms with E-state index < -0.39 is 10.0 Å². The summed E-state index contributed by atoms with van der Waals surface area (Å²) in [6.07, 6.45) is 4.44. The molecule has 0 unspecified atom stereocenters. The molecular weight excluding hydrogens is 390 g/mol. The van der Waals surface area contributed by atoms with Gasteiger partial charge in [0.15, 0.2) is 5.03 Å². The maximum Gasteiger partial charge on any atom is 0.281 e. The number of aromatic nitrogens is 4. The second-order valence-corrected chi connectivity index (χ2v) is 8.55. The van der Waals surface area contributed by atoms with Crippen molar-refractivity contribution in [2.45, 2.75) is 11.9 Å². The summed E-state index contributed by atoms with van der Waals surface area (Å²) < 4.78 is 29.1. The molecule has 1 fully saturated rings. The molecule has 2 aromatic heterocycles. The molecule has 0 bridgehead atoms. The SMILES string of the molecule is Cc1nc(S(=O)(=O)Nc2cnc(N3CCN(c4ccccc4)CC3)nc2)cn1C. The second-order valence-electron chi connectivity index (χ2n) is 6.92. The zero-order valence-corrected chi connectivity index (χ0v) is 17.2. The van der Waals surface area contributed by atoms with Crippen molar-refractivity contribution in [2.75, 3.05) is 40.7 Å². The molecule has 4 rings (SSSR count). The fraction of sp³-hybridized carbons (Fsp3) is 0.316. The van der Waals surface area contributed by atoms with E-state index in [9.17, 15) is 8.42 Å². The normalized spacial score (nSPS) is 14.8. The number of imidazole rings is 1. The molecule has 0 saturated carbocycles. The Morgan fingerprint density at radius 2 is 1.59 bits per heavy atom. The largest absolute Gasteiger partial charge is 0.368 e. The first kappa shape index (κ1) is 19.2. The predicted octanol–water partition coefficient (Wildman–Crippen LogP) is 1.65. The van der Waals surface area contributed by atoms with Gasteiger partial charge in [-0.3, -0.25) is 4.72 Å². The number of hydrogen-bond donors (Lipinski definition) is 1. The molecule has 0 radical (unpaired) electrons. The zero-order valence-electron chi connectivity index (χ0n) is 16.4. The average molecular weight is 414 g/mol. The Hall–Kier alpha value is -3.14. The molecule has 29 heavy (non-hydrogen) atoms. The van der Waals surface area contributed by atoms with E-state index >= 15 is 0 Å². The molecule has 0 aliphatic carbocycles. The lowest BCUT2D eigenvalue weighted by molar-refractivity contribution is 0.598. The molecular formula is C19H23N7O2S. The van der Waals surface area contributed by atoms with Gasteiger partial charge in [0.25, 0.3) is 10.0 Å². The number of nitrogens with zero attached hydrogens (tertiary/aromatic N) is 6. The van der Waals surface area contributed by atoms with E-state index in [1.165, 1.54) is 24.3 Å². The van der Waals surface area contributed by atoms with Gasteiger partial charge in [-0.2, -0.15) is 8.42 Å². The van der Waals surface area contributed by atoms with Crippen LogP contribution in [0.5, 0.6) is 0 Å². The monoisotopic (exact) mass is 413 g/mol. The summed E-state index contributed by atoms with van der Waals surface area (Å²) in [5.41, 5.74) is 1.52. The second kappa shape index (κ2) is 7.70. The van der Waals surface area contributed by atoms with Gasteiger partial charge in [0.1, 0.15) is 5.82 Å². The zero-order chi connectivity index (χ0) is 20.4. The third-order valence-corrected chi connectivity index (χ3v) is 6.19. The molecule has 9 nitrogen and oxygen atoms in total. The molecule has 3 aromatic rings. The number of benzene rings is 1. The minimum Gasteiger partial charge on any atom is -0.368 e. The van der Waals surface area contributed by atoms with E-state index in [1.54, 1.807) is 18.5 Å². The third-order valence-electron chi connectivity index (χ3n) is 4.94. The molecule has 10 heteroatoms. The van der Waals surface area contributed by atoms with E-state index in [4.69, 9.17) is 0 Å². The molecule has 0 atom stereocenters. The fourth-order valence-electron chi connectivity index (χ4n) is 3.20. The van der Waals surface area contributed by atoms with Crippen LogP contribution in [0.2, 0.25) is 0 Å². The summed E-state index contributed by atoms with van der Waals surface area (Å²) in [6.45, 7) is 5.09. The van der Waals surface area contributed by atoms with E-state index in [0.717, 1.165) is 26.2 Å². The van der Waals surface area contributed by atoms with Crippen LogP contribution in [0.4, 0.5) is 17.3 Å². The Morgan fingerprint density at radius 1 is 0.966 bits per heavy atom.